The third-order valence-corrected chi connectivity index (χ3v) is 2.89. The van der Waals surface area contributed by atoms with Gasteiger partial charge in [-0.05, 0) is 22.6 Å². The molecule has 0 saturated carbocycles. The lowest BCUT2D eigenvalue weighted by molar-refractivity contribution is -0.275. The first-order chi connectivity index (χ1) is 8.24. The minimum atomic E-state index is -4.88. The Morgan fingerprint density at radius 3 is 2.56 bits per heavy atom. The number of rotatable bonds is 4. The van der Waals surface area contributed by atoms with Crippen LogP contribution in [0.5, 0.6) is 5.75 Å². The fourth-order valence-electron chi connectivity index (χ4n) is 1.31. The second kappa shape index (κ2) is 5.69. The summed E-state index contributed by atoms with van der Waals surface area (Å²) >= 11 is 1.73. The van der Waals surface area contributed by atoms with Crippen molar-refractivity contribution in [2.75, 3.05) is 0 Å². The Balaban J connectivity index is 3.24. The Morgan fingerprint density at radius 2 is 2.11 bits per heavy atom. The lowest BCUT2D eigenvalue weighted by atomic mass is 10.1. The van der Waals surface area contributed by atoms with Crippen LogP contribution in [0.4, 0.5) is 13.2 Å². The van der Waals surface area contributed by atoms with E-state index in [1.165, 1.54) is 0 Å². The number of hydrogen-bond acceptors (Lipinski definition) is 4. The number of aliphatic carboxylic acids is 1. The molecule has 0 amide bonds. The standard InChI is InChI=1S/C9H8F3IN2O3/c10-9(11,12)18-6-3-15-8(13)4(1-7(16)17)5(6)2-14/h3H,1-2,14H2,(H,16,17). The molecule has 1 aromatic rings. The van der Waals surface area contributed by atoms with Gasteiger partial charge >= 0.3 is 12.3 Å². The molecule has 0 saturated heterocycles. The van der Waals surface area contributed by atoms with E-state index in [9.17, 15) is 18.0 Å². The Hall–Kier alpha value is -1.10. The van der Waals surface area contributed by atoms with Gasteiger partial charge in [0.1, 0.15) is 3.70 Å². The maximum absolute atomic E-state index is 12.1. The second-order valence-corrected chi connectivity index (χ2v) is 4.21. The molecule has 0 aliphatic rings. The van der Waals surface area contributed by atoms with Crippen LogP contribution < -0.4 is 10.5 Å². The zero-order valence-electron chi connectivity index (χ0n) is 8.79. The van der Waals surface area contributed by atoms with Crippen molar-refractivity contribution in [3.8, 4) is 5.75 Å². The monoisotopic (exact) mass is 376 g/mol. The maximum Gasteiger partial charge on any atom is 0.573 e. The van der Waals surface area contributed by atoms with Crippen molar-refractivity contribution in [3.63, 3.8) is 0 Å². The highest BCUT2D eigenvalue weighted by Crippen LogP contribution is 2.29. The summed E-state index contributed by atoms with van der Waals surface area (Å²) in [6.07, 6.45) is -4.46. The van der Waals surface area contributed by atoms with Crippen molar-refractivity contribution >= 4 is 28.6 Å². The molecule has 5 nitrogen and oxygen atoms in total. The first-order valence-corrected chi connectivity index (χ1v) is 5.66. The van der Waals surface area contributed by atoms with Gasteiger partial charge in [0.15, 0.2) is 5.75 Å². The lowest BCUT2D eigenvalue weighted by Crippen LogP contribution is -2.20. The van der Waals surface area contributed by atoms with E-state index in [0.29, 0.717) is 0 Å². The number of hydrogen-bond donors (Lipinski definition) is 2. The van der Waals surface area contributed by atoms with Gasteiger partial charge in [-0.3, -0.25) is 4.79 Å². The lowest BCUT2D eigenvalue weighted by Gasteiger charge is -2.15. The van der Waals surface area contributed by atoms with Gasteiger partial charge in [0.25, 0.3) is 0 Å². The van der Waals surface area contributed by atoms with Crippen molar-refractivity contribution in [1.82, 2.24) is 4.98 Å². The average Bonchev–Trinajstić information content (AvgIpc) is 2.20. The van der Waals surface area contributed by atoms with Crippen LogP contribution in [0.3, 0.4) is 0 Å². The van der Waals surface area contributed by atoms with Crippen LogP contribution in [-0.2, 0) is 17.8 Å². The summed E-state index contributed by atoms with van der Waals surface area (Å²) in [5.41, 5.74) is 5.47. The number of carbonyl (C=O) groups is 1. The molecule has 0 aliphatic carbocycles. The Kier molecular flexibility index (Phi) is 4.73. The summed E-state index contributed by atoms with van der Waals surface area (Å²) in [5.74, 6) is -1.75. The molecule has 0 spiro atoms. The van der Waals surface area contributed by atoms with Gasteiger partial charge in [0.2, 0.25) is 0 Å². The van der Waals surface area contributed by atoms with Crippen LogP contribution in [0.15, 0.2) is 6.20 Å². The summed E-state index contributed by atoms with van der Waals surface area (Å²) in [4.78, 5) is 14.3. The van der Waals surface area contributed by atoms with Gasteiger partial charge in [-0.2, -0.15) is 0 Å². The fraction of sp³-hybridized carbons (Fsp3) is 0.333. The molecule has 0 unspecified atom stereocenters. The van der Waals surface area contributed by atoms with Gasteiger partial charge < -0.3 is 15.6 Å². The molecule has 1 rings (SSSR count). The molecule has 1 aromatic heterocycles. The number of halogens is 4. The van der Waals surface area contributed by atoms with E-state index in [4.69, 9.17) is 10.8 Å². The highest BCUT2D eigenvalue weighted by molar-refractivity contribution is 14.1. The first kappa shape index (κ1) is 15.0. The molecule has 1 heterocycles. The molecule has 9 heteroatoms. The molecule has 3 N–H and O–H groups in total. The van der Waals surface area contributed by atoms with Crippen LogP contribution in [0, 0.1) is 3.70 Å². The molecule has 0 atom stereocenters. The summed E-state index contributed by atoms with van der Waals surface area (Å²) in [5, 5.41) is 8.70. The number of aromatic nitrogens is 1. The first-order valence-electron chi connectivity index (χ1n) is 4.58. The number of nitrogens with zero attached hydrogens (tertiary/aromatic N) is 1. The van der Waals surface area contributed by atoms with Gasteiger partial charge in [-0.15, -0.1) is 13.2 Å². The zero-order chi connectivity index (χ0) is 13.9. The molecule has 100 valence electrons. The summed E-state index contributed by atoms with van der Waals surface area (Å²) in [6, 6.07) is 0. The van der Waals surface area contributed by atoms with Crippen LogP contribution in [0.1, 0.15) is 11.1 Å². The van der Waals surface area contributed by atoms with E-state index in [0.717, 1.165) is 6.20 Å². The number of pyridine rings is 1. The van der Waals surface area contributed by atoms with E-state index in [-0.39, 0.29) is 21.4 Å². The predicted molar refractivity (Wildman–Crippen MR) is 62.9 cm³/mol. The van der Waals surface area contributed by atoms with Crippen LogP contribution in [0.25, 0.3) is 0 Å². The molecular formula is C9H8F3IN2O3. The fourth-order valence-corrected chi connectivity index (χ4v) is 1.97. The van der Waals surface area contributed by atoms with E-state index in [1.807, 2.05) is 0 Å². The minimum Gasteiger partial charge on any atom is -0.481 e. The topological polar surface area (TPSA) is 85.4 Å². The molecule has 18 heavy (non-hydrogen) atoms. The Bertz CT molecular complexity index is 465. The van der Waals surface area contributed by atoms with Gasteiger partial charge in [-0.25, -0.2) is 4.98 Å². The predicted octanol–water partition coefficient (Wildman–Crippen LogP) is 1.67. The van der Waals surface area contributed by atoms with Gasteiger partial charge in [0.05, 0.1) is 12.6 Å². The molecule has 0 bridgehead atoms. The van der Waals surface area contributed by atoms with Crippen molar-refractivity contribution in [2.45, 2.75) is 19.3 Å². The zero-order valence-corrected chi connectivity index (χ0v) is 10.9. The number of alkyl halides is 3. The van der Waals surface area contributed by atoms with E-state index in [1.54, 1.807) is 22.6 Å². The van der Waals surface area contributed by atoms with E-state index < -0.39 is 24.5 Å². The van der Waals surface area contributed by atoms with Crippen molar-refractivity contribution in [2.24, 2.45) is 5.73 Å². The quantitative estimate of drug-likeness (QED) is 0.617. The van der Waals surface area contributed by atoms with Gasteiger partial charge in [0, 0.05) is 17.7 Å². The summed E-state index contributed by atoms with van der Waals surface area (Å²) in [7, 11) is 0. The largest absolute Gasteiger partial charge is 0.573 e. The van der Waals surface area contributed by atoms with Crippen molar-refractivity contribution in [3.05, 3.63) is 21.0 Å². The van der Waals surface area contributed by atoms with E-state index >= 15 is 0 Å². The molecule has 0 fully saturated rings. The number of ether oxygens (including phenoxy) is 1. The summed E-state index contributed by atoms with van der Waals surface area (Å²) < 4.78 is 40.5. The molecule has 0 radical (unpaired) electrons. The van der Waals surface area contributed by atoms with Crippen LogP contribution in [0.2, 0.25) is 0 Å². The average molecular weight is 376 g/mol. The SMILES string of the molecule is NCc1c(OC(F)(F)F)cnc(I)c1CC(=O)O. The maximum atomic E-state index is 12.1. The highest BCUT2D eigenvalue weighted by Gasteiger charge is 2.33. The minimum absolute atomic E-state index is 0.00544. The third-order valence-electron chi connectivity index (χ3n) is 1.96. The molecule has 0 aromatic carbocycles. The number of nitrogens with two attached hydrogens (primary N) is 1. The number of carboxylic acids is 1. The Labute approximate surface area is 113 Å². The van der Waals surface area contributed by atoms with Crippen molar-refractivity contribution < 1.29 is 27.8 Å². The number of carboxylic acid groups (broad SMARTS) is 1. The normalized spacial score (nSPS) is 11.4. The Morgan fingerprint density at radius 1 is 1.50 bits per heavy atom. The van der Waals surface area contributed by atoms with Crippen LogP contribution >= 0.6 is 22.6 Å². The summed E-state index contributed by atoms with van der Waals surface area (Å²) in [6.45, 7) is -0.271. The molecule has 0 aliphatic heterocycles. The molecular weight excluding hydrogens is 368 g/mol. The second-order valence-electron chi connectivity index (χ2n) is 3.19. The smallest absolute Gasteiger partial charge is 0.481 e. The van der Waals surface area contributed by atoms with E-state index in [2.05, 4.69) is 9.72 Å². The van der Waals surface area contributed by atoms with Crippen molar-refractivity contribution in [1.29, 1.82) is 0 Å². The highest BCUT2D eigenvalue weighted by atomic mass is 127. The van der Waals surface area contributed by atoms with Crippen LogP contribution in [-0.4, -0.2) is 22.4 Å². The third kappa shape index (κ3) is 3.98. The van der Waals surface area contributed by atoms with Gasteiger partial charge in [-0.1, -0.05) is 0 Å².